The second-order valence-corrected chi connectivity index (χ2v) is 9.87. The number of carboxylic acids is 1. The maximum atomic E-state index is 12.5. The van der Waals surface area contributed by atoms with E-state index in [0.717, 1.165) is 31.2 Å². The molecule has 1 N–H and O–H groups in total. The number of hydrogen-bond donors (Lipinski definition) is 1. The van der Waals surface area contributed by atoms with Crippen LogP contribution in [-0.2, 0) is 9.30 Å². The number of carbonyl (C=O) groups is 1. The second-order valence-electron chi connectivity index (χ2n) is 7.51. The molecule has 3 atom stereocenters. The van der Waals surface area contributed by atoms with Gasteiger partial charge < -0.3 is 29.4 Å². The standard InChI is InChI=1S/C19H28NO5P.2Na/c21-19(22)16-8-4-7-15(9-16)18-11-25-17(10-20-18)13-26(23,24)12-14-5-2-1-3-6-14;;/h4,7-9,14,17-18,20H,1-3,5-6,10-13H2,(H,21,22)(H,23,24);;/q;2*+1/p-2/t17-,18+;;/m1../s1. The largest absolute Gasteiger partial charge is 1.00 e. The van der Waals surface area contributed by atoms with E-state index >= 15 is 0 Å². The third-order valence-electron chi connectivity index (χ3n) is 5.36. The summed E-state index contributed by atoms with van der Waals surface area (Å²) >= 11 is 0. The predicted octanol–water partition coefficient (Wildman–Crippen LogP) is -4.69. The normalized spacial score (nSPS) is 25.0. The summed E-state index contributed by atoms with van der Waals surface area (Å²) in [5, 5.41) is 14.3. The Morgan fingerprint density at radius 2 is 1.89 bits per heavy atom. The minimum atomic E-state index is -3.44. The van der Waals surface area contributed by atoms with Crippen molar-refractivity contribution in [2.45, 2.75) is 44.2 Å². The summed E-state index contributed by atoms with van der Waals surface area (Å²) in [7, 11) is -3.44. The van der Waals surface area contributed by atoms with Gasteiger partial charge in [-0.25, -0.2) is 0 Å². The molecule has 1 heterocycles. The molecule has 1 aliphatic carbocycles. The Hall–Kier alpha value is 0.800. The fourth-order valence-electron chi connectivity index (χ4n) is 3.99. The molecule has 1 aliphatic heterocycles. The zero-order valence-electron chi connectivity index (χ0n) is 16.9. The third-order valence-corrected chi connectivity index (χ3v) is 7.39. The molecule has 0 spiro atoms. The van der Waals surface area contributed by atoms with Gasteiger partial charge in [0.15, 0.2) is 0 Å². The zero-order valence-corrected chi connectivity index (χ0v) is 21.8. The summed E-state index contributed by atoms with van der Waals surface area (Å²) < 4.78 is 18.3. The summed E-state index contributed by atoms with van der Waals surface area (Å²) in [6, 6.07) is 6.41. The molecule has 1 aromatic rings. The van der Waals surface area contributed by atoms with E-state index < -0.39 is 13.3 Å². The van der Waals surface area contributed by atoms with Crippen LogP contribution in [0.25, 0.3) is 0 Å². The van der Waals surface area contributed by atoms with Gasteiger partial charge in [-0.1, -0.05) is 50.3 Å². The molecule has 1 saturated carbocycles. The van der Waals surface area contributed by atoms with Crippen LogP contribution in [0, 0.1) is 5.92 Å². The third kappa shape index (κ3) is 8.14. The molecule has 1 saturated heterocycles. The van der Waals surface area contributed by atoms with Crippen molar-refractivity contribution in [1.82, 2.24) is 5.32 Å². The van der Waals surface area contributed by atoms with E-state index in [1.807, 2.05) is 6.07 Å². The van der Waals surface area contributed by atoms with Crippen molar-refractivity contribution >= 4 is 13.3 Å². The van der Waals surface area contributed by atoms with E-state index in [0.29, 0.717) is 25.2 Å². The molecular weight excluding hydrogens is 399 g/mol. The number of nitrogens with one attached hydrogen (secondary N) is 1. The smallest absolute Gasteiger partial charge is 0.799 e. The number of ether oxygens (including phenoxy) is 1. The number of carbonyl (C=O) groups excluding carboxylic acids is 1. The van der Waals surface area contributed by atoms with E-state index in [2.05, 4.69) is 5.32 Å². The van der Waals surface area contributed by atoms with Gasteiger partial charge in [-0.05, 0) is 29.3 Å². The number of benzene rings is 1. The quantitative estimate of drug-likeness (QED) is 0.363. The molecule has 0 radical (unpaired) electrons. The minimum absolute atomic E-state index is 0. The first-order valence-corrected chi connectivity index (χ1v) is 11.4. The molecule has 2 fully saturated rings. The first-order valence-electron chi connectivity index (χ1n) is 9.38. The van der Waals surface area contributed by atoms with Crippen molar-refractivity contribution in [3.63, 3.8) is 0 Å². The van der Waals surface area contributed by atoms with Gasteiger partial charge in [0, 0.05) is 20.1 Å². The Bertz CT molecular complexity index is 676. The van der Waals surface area contributed by atoms with E-state index in [9.17, 15) is 19.4 Å². The van der Waals surface area contributed by atoms with Gasteiger partial charge in [0.2, 0.25) is 0 Å². The summed E-state index contributed by atoms with van der Waals surface area (Å²) in [6.07, 6.45) is 5.56. The predicted molar refractivity (Wildman–Crippen MR) is 95.2 cm³/mol. The van der Waals surface area contributed by atoms with Crippen LogP contribution in [0.2, 0.25) is 0 Å². The van der Waals surface area contributed by atoms with Crippen LogP contribution in [0.5, 0.6) is 0 Å². The Morgan fingerprint density at radius 3 is 2.50 bits per heavy atom. The Labute approximate surface area is 211 Å². The maximum Gasteiger partial charge on any atom is 1.00 e. The van der Waals surface area contributed by atoms with Gasteiger partial charge in [-0.2, -0.15) is 0 Å². The van der Waals surface area contributed by atoms with Gasteiger partial charge in [0.25, 0.3) is 0 Å². The maximum absolute atomic E-state index is 12.5. The number of morpholine rings is 1. The Morgan fingerprint density at radius 1 is 1.18 bits per heavy atom. The van der Waals surface area contributed by atoms with Crippen LogP contribution < -0.4 is 74.4 Å². The molecule has 3 rings (SSSR count). The van der Waals surface area contributed by atoms with Gasteiger partial charge in [0.1, 0.15) is 0 Å². The van der Waals surface area contributed by atoms with Crippen molar-refractivity contribution in [2.24, 2.45) is 5.92 Å². The van der Waals surface area contributed by atoms with E-state index in [-0.39, 0.29) is 83.0 Å². The molecule has 0 aromatic heterocycles. The number of aromatic carboxylic acids is 1. The molecule has 9 heteroatoms. The van der Waals surface area contributed by atoms with Crippen LogP contribution in [-0.4, -0.2) is 37.5 Å². The summed E-state index contributed by atoms with van der Waals surface area (Å²) in [5.74, 6) is -0.903. The van der Waals surface area contributed by atoms with Crippen LogP contribution in [0.4, 0.5) is 0 Å². The monoisotopic (exact) mass is 425 g/mol. The summed E-state index contributed by atoms with van der Waals surface area (Å²) in [6.45, 7) is 0.766. The van der Waals surface area contributed by atoms with Gasteiger partial charge >= 0.3 is 59.1 Å². The Kier molecular flexibility index (Phi) is 12.1. The summed E-state index contributed by atoms with van der Waals surface area (Å²) in [4.78, 5) is 23.5. The molecule has 28 heavy (non-hydrogen) atoms. The number of rotatable bonds is 6. The molecule has 0 bridgehead atoms. The van der Waals surface area contributed by atoms with Crippen molar-refractivity contribution in [3.05, 3.63) is 35.4 Å². The molecular formula is C19H26NNa2O5P. The molecule has 0 amide bonds. The fourth-order valence-corrected chi connectivity index (χ4v) is 6.14. The fraction of sp³-hybridized carbons (Fsp3) is 0.632. The van der Waals surface area contributed by atoms with Crippen LogP contribution in [0.3, 0.4) is 0 Å². The number of hydrogen-bond acceptors (Lipinski definition) is 6. The second kappa shape index (κ2) is 12.6. The van der Waals surface area contributed by atoms with Crippen LogP contribution in [0.1, 0.15) is 54.1 Å². The average molecular weight is 425 g/mol. The van der Waals surface area contributed by atoms with Crippen molar-refractivity contribution < 1.29 is 83.2 Å². The molecule has 1 unspecified atom stereocenters. The molecule has 144 valence electrons. The van der Waals surface area contributed by atoms with Crippen LogP contribution >= 0.6 is 7.37 Å². The van der Waals surface area contributed by atoms with Gasteiger partial charge in [0.05, 0.1) is 24.7 Å². The van der Waals surface area contributed by atoms with Crippen LogP contribution in [0.15, 0.2) is 24.3 Å². The first-order chi connectivity index (χ1) is 12.4. The van der Waals surface area contributed by atoms with E-state index in [1.165, 1.54) is 12.5 Å². The SMILES string of the molecule is O=C([O-])c1cccc([C@@H]2CO[C@@H](CP(=O)([O-])CC3CCCCC3)CN2)c1.[Na+].[Na+]. The van der Waals surface area contributed by atoms with E-state index in [4.69, 9.17) is 4.74 Å². The first kappa shape index (κ1) is 26.8. The Balaban J connectivity index is 0.00000196. The average Bonchev–Trinajstić information content (AvgIpc) is 2.62. The van der Waals surface area contributed by atoms with Crippen molar-refractivity contribution in [3.8, 4) is 0 Å². The van der Waals surface area contributed by atoms with Gasteiger partial charge in [-0.3, -0.25) is 0 Å². The minimum Gasteiger partial charge on any atom is -0.799 e. The van der Waals surface area contributed by atoms with Crippen molar-refractivity contribution in [1.29, 1.82) is 0 Å². The topological polar surface area (TPSA) is 102 Å². The van der Waals surface area contributed by atoms with E-state index in [1.54, 1.807) is 12.1 Å². The number of carboxylic acid groups (broad SMARTS) is 1. The van der Waals surface area contributed by atoms with Gasteiger partial charge in [-0.15, -0.1) is 0 Å². The van der Waals surface area contributed by atoms with Crippen molar-refractivity contribution in [2.75, 3.05) is 25.5 Å². The molecule has 6 nitrogen and oxygen atoms in total. The molecule has 1 aromatic carbocycles. The molecule has 2 aliphatic rings. The zero-order chi connectivity index (χ0) is 18.6. The summed E-state index contributed by atoms with van der Waals surface area (Å²) in [5.41, 5.74) is 0.931.